The van der Waals surface area contributed by atoms with Gasteiger partial charge in [0.15, 0.2) is 5.82 Å². The molecule has 0 saturated heterocycles. The third-order valence-corrected chi connectivity index (χ3v) is 6.13. The van der Waals surface area contributed by atoms with Crippen molar-refractivity contribution in [1.29, 1.82) is 0 Å². The van der Waals surface area contributed by atoms with Crippen molar-refractivity contribution < 1.29 is 27.1 Å². The largest absolute Gasteiger partial charge is 0.495 e. The normalized spacial score (nSPS) is 12.1. The van der Waals surface area contributed by atoms with Crippen LogP contribution in [-0.4, -0.2) is 43.9 Å². The maximum absolute atomic E-state index is 12.8. The number of carbonyl (C=O) groups excluding carboxylic acids is 1. The van der Waals surface area contributed by atoms with Gasteiger partial charge >= 0.3 is 6.03 Å². The summed E-state index contributed by atoms with van der Waals surface area (Å²) >= 11 is 0.846. The molecule has 28 heavy (non-hydrogen) atoms. The first-order valence-electron chi connectivity index (χ1n) is 7.92. The molecule has 0 bridgehead atoms. The van der Waals surface area contributed by atoms with Crippen molar-refractivity contribution in [2.45, 2.75) is 23.5 Å². The van der Waals surface area contributed by atoms with Gasteiger partial charge in [0.2, 0.25) is 10.0 Å². The number of hydrogen-bond acceptors (Lipinski definition) is 8. The van der Waals surface area contributed by atoms with Gasteiger partial charge in [-0.1, -0.05) is 6.07 Å². The molecule has 2 N–H and O–H groups in total. The number of amides is 2. The van der Waals surface area contributed by atoms with Crippen LogP contribution in [0, 0.1) is 5.82 Å². The van der Waals surface area contributed by atoms with Gasteiger partial charge in [-0.25, -0.2) is 32.3 Å². The lowest BCUT2D eigenvalue weighted by molar-refractivity contribution is 0.251. The second-order valence-corrected chi connectivity index (χ2v) is 8.42. The van der Waals surface area contributed by atoms with Crippen molar-refractivity contribution in [3.05, 3.63) is 42.2 Å². The molecule has 0 aliphatic heterocycles. The molecule has 1 aromatic heterocycles. The lowest BCUT2D eigenvalue weighted by atomic mass is 10.3. The van der Waals surface area contributed by atoms with Crippen LogP contribution in [0.2, 0.25) is 0 Å². The molecule has 0 radical (unpaired) electrons. The van der Waals surface area contributed by atoms with Crippen LogP contribution in [0.25, 0.3) is 0 Å². The molecule has 2 amide bonds. The van der Waals surface area contributed by atoms with Gasteiger partial charge in [-0.15, -0.1) is 0 Å². The molecular weight excluding hydrogens is 411 g/mol. The standard InChI is InChI=1S/C16H19FN4O5S2/c1-10(7-14-18-8-11(17)9-19-14)28(23,24)21-16(22)20-27-15-12(25-2)5-4-6-13(15)26-3/h4-6,8-10H,7H2,1-3H3,(H2,20,21,22)/t10-/m0/s1. The lowest BCUT2D eigenvalue weighted by Gasteiger charge is -2.15. The van der Waals surface area contributed by atoms with Gasteiger partial charge in [-0.3, -0.25) is 4.72 Å². The fraction of sp³-hybridized carbons (Fsp3) is 0.312. The van der Waals surface area contributed by atoms with Crippen LogP contribution in [0.5, 0.6) is 11.5 Å². The molecule has 1 atom stereocenters. The van der Waals surface area contributed by atoms with E-state index in [0.717, 1.165) is 24.3 Å². The van der Waals surface area contributed by atoms with Crippen LogP contribution in [0.3, 0.4) is 0 Å². The highest BCUT2D eigenvalue weighted by Crippen LogP contribution is 2.35. The third kappa shape index (κ3) is 5.70. The van der Waals surface area contributed by atoms with Gasteiger partial charge in [0, 0.05) is 6.42 Å². The van der Waals surface area contributed by atoms with Gasteiger partial charge in [0.1, 0.15) is 22.2 Å². The van der Waals surface area contributed by atoms with Gasteiger partial charge in [-0.2, -0.15) is 0 Å². The van der Waals surface area contributed by atoms with Crippen LogP contribution in [0.15, 0.2) is 35.5 Å². The summed E-state index contributed by atoms with van der Waals surface area (Å²) < 4.78 is 52.2. The van der Waals surface area contributed by atoms with Gasteiger partial charge in [0.05, 0.1) is 31.9 Å². The minimum atomic E-state index is -4.02. The minimum Gasteiger partial charge on any atom is -0.495 e. The number of benzene rings is 1. The highest BCUT2D eigenvalue weighted by atomic mass is 32.2. The number of aromatic nitrogens is 2. The molecule has 9 nitrogen and oxygen atoms in total. The molecule has 0 saturated carbocycles. The van der Waals surface area contributed by atoms with Crippen molar-refractivity contribution in [1.82, 2.24) is 19.4 Å². The number of urea groups is 1. The quantitative estimate of drug-likeness (QED) is 0.610. The summed E-state index contributed by atoms with van der Waals surface area (Å²) in [4.78, 5) is 20.0. The molecule has 152 valence electrons. The molecule has 2 rings (SSSR count). The zero-order valence-corrected chi connectivity index (χ0v) is 16.9. The highest BCUT2D eigenvalue weighted by Gasteiger charge is 2.25. The third-order valence-electron chi connectivity index (χ3n) is 3.54. The van der Waals surface area contributed by atoms with E-state index in [0.29, 0.717) is 16.4 Å². The molecular formula is C16H19FN4O5S2. The summed E-state index contributed by atoms with van der Waals surface area (Å²) in [7, 11) is -1.09. The van der Waals surface area contributed by atoms with Crippen LogP contribution in [0.4, 0.5) is 9.18 Å². The van der Waals surface area contributed by atoms with E-state index < -0.39 is 27.1 Å². The summed E-state index contributed by atoms with van der Waals surface area (Å²) in [5, 5.41) is -1.02. The summed E-state index contributed by atoms with van der Waals surface area (Å²) in [5.41, 5.74) is 0. The van der Waals surface area contributed by atoms with Crippen molar-refractivity contribution in [2.24, 2.45) is 0 Å². The Bertz CT molecular complexity index is 903. The number of nitrogens with one attached hydrogen (secondary N) is 2. The first-order chi connectivity index (χ1) is 13.3. The van der Waals surface area contributed by atoms with Crippen molar-refractivity contribution in [3.63, 3.8) is 0 Å². The zero-order chi connectivity index (χ0) is 20.7. The fourth-order valence-corrected chi connectivity index (χ4v) is 3.77. The molecule has 2 aromatic rings. The minimum absolute atomic E-state index is 0.0869. The molecule has 1 heterocycles. The summed E-state index contributed by atoms with van der Waals surface area (Å²) in [6, 6.07) is 4.12. The van der Waals surface area contributed by atoms with E-state index in [4.69, 9.17) is 9.47 Å². The predicted molar refractivity (Wildman–Crippen MR) is 101 cm³/mol. The van der Waals surface area contributed by atoms with Crippen LogP contribution >= 0.6 is 11.9 Å². The molecule has 12 heteroatoms. The Morgan fingerprint density at radius 3 is 2.32 bits per heavy atom. The number of sulfonamides is 1. The monoisotopic (exact) mass is 430 g/mol. The van der Waals surface area contributed by atoms with Crippen molar-refractivity contribution in [2.75, 3.05) is 14.2 Å². The maximum Gasteiger partial charge on any atom is 0.338 e. The van der Waals surface area contributed by atoms with Crippen molar-refractivity contribution in [3.8, 4) is 11.5 Å². The van der Waals surface area contributed by atoms with Gasteiger partial charge in [-0.05, 0) is 31.0 Å². The number of ether oxygens (including phenoxy) is 2. The van der Waals surface area contributed by atoms with Crippen LogP contribution in [-0.2, 0) is 16.4 Å². The number of methoxy groups -OCH3 is 2. The first-order valence-corrected chi connectivity index (χ1v) is 10.3. The summed E-state index contributed by atoms with van der Waals surface area (Å²) in [6.07, 6.45) is 1.80. The Kier molecular flexibility index (Phi) is 7.40. The molecule has 0 unspecified atom stereocenters. The topological polar surface area (TPSA) is 120 Å². The van der Waals surface area contributed by atoms with Crippen molar-refractivity contribution >= 4 is 28.0 Å². The van der Waals surface area contributed by atoms with E-state index in [2.05, 4.69) is 14.7 Å². The summed E-state index contributed by atoms with van der Waals surface area (Å²) in [6.45, 7) is 1.39. The number of hydrogen-bond donors (Lipinski definition) is 2. The second-order valence-electron chi connectivity index (χ2n) is 5.50. The molecule has 1 aromatic carbocycles. The second kappa shape index (κ2) is 9.55. The van der Waals surface area contributed by atoms with E-state index in [9.17, 15) is 17.6 Å². The Labute approximate surface area is 166 Å². The van der Waals surface area contributed by atoms with Crippen LogP contribution in [0.1, 0.15) is 12.7 Å². The van der Waals surface area contributed by atoms with Gasteiger partial charge < -0.3 is 9.47 Å². The fourth-order valence-electron chi connectivity index (χ4n) is 2.08. The number of rotatable bonds is 8. The predicted octanol–water partition coefficient (Wildman–Crippen LogP) is 1.90. The molecule has 0 aliphatic rings. The number of halogens is 1. The summed E-state index contributed by atoms with van der Waals surface area (Å²) in [5.74, 6) is 0.428. The zero-order valence-electron chi connectivity index (χ0n) is 15.3. The lowest BCUT2D eigenvalue weighted by Crippen LogP contribution is -2.41. The van der Waals surface area contributed by atoms with E-state index in [1.54, 1.807) is 18.2 Å². The number of nitrogens with zero attached hydrogens (tertiary/aromatic N) is 2. The van der Waals surface area contributed by atoms with E-state index in [1.807, 2.05) is 4.72 Å². The smallest absolute Gasteiger partial charge is 0.338 e. The van der Waals surface area contributed by atoms with E-state index in [1.165, 1.54) is 21.1 Å². The maximum atomic E-state index is 12.8. The Morgan fingerprint density at radius 1 is 1.21 bits per heavy atom. The van der Waals surface area contributed by atoms with E-state index in [-0.39, 0.29) is 12.2 Å². The molecule has 0 aliphatic carbocycles. The van der Waals surface area contributed by atoms with E-state index >= 15 is 0 Å². The van der Waals surface area contributed by atoms with Crippen LogP contribution < -0.4 is 18.9 Å². The SMILES string of the molecule is COc1cccc(OC)c1SNC(=O)NS(=O)(=O)[C@@H](C)Cc1ncc(F)cn1. The molecule has 0 spiro atoms. The average Bonchev–Trinajstić information content (AvgIpc) is 2.67. The Morgan fingerprint density at radius 2 is 1.79 bits per heavy atom. The van der Waals surface area contributed by atoms with Gasteiger partial charge in [0.25, 0.3) is 0 Å². The highest BCUT2D eigenvalue weighted by molar-refractivity contribution is 7.98. The first kappa shape index (κ1) is 21.7. The Balaban J connectivity index is 1.99. The average molecular weight is 430 g/mol. The number of carbonyl (C=O) groups is 1. The Hall–Kier alpha value is -2.60. The molecule has 0 fully saturated rings.